The summed E-state index contributed by atoms with van der Waals surface area (Å²) in [5.74, 6) is 1.57. The van der Waals surface area contributed by atoms with Gasteiger partial charge in [-0.15, -0.1) is 0 Å². The zero-order chi connectivity index (χ0) is 14.9. The number of aromatic nitrogens is 2. The van der Waals surface area contributed by atoms with Crippen LogP contribution in [0.5, 0.6) is 0 Å². The van der Waals surface area contributed by atoms with Crippen LogP contribution in [-0.4, -0.2) is 33.3 Å². The molecule has 0 spiro atoms. The molecule has 0 aliphatic carbocycles. The Balaban J connectivity index is 2.33. The highest BCUT2D eigenvalue weighted by molar-refractivity contribution is 14.1. The average Bonchev–Trinajstić information content (AvgIpc) is 2.80. The van der Waals surface area contributed by atoms with Gasteiger partial charge in [0.05, 0.1) is 20.9 Å². The fourth-order valence-corrected chi connectivity index (χ4v) is 3.69. The quantitative estimate of drug-likeness (QED) is 0.805. The van der Waals surface area contributed by atoms with E-state index in [0.29, 0.717) is 5.92 Å². The van der Waals surface area contributed by atoms with E-state index in [9.17, 15) is 5.11 Å². The van der Waals surface area contributed by atoms with Crippen molar-refractivity contribution in [3.8, 4) is 0 Å². The van der Waals surface area contributed by atoms with Gasteiger partial charge in [0.15, 0.2) is 0 Å². The average molecular weight is 389 g/mol. The third-order valence-corrected chi connectivity index (χ3v) is 4.89. The zero-order valence-electron chi connectivity index (χ0n) is 12.7. The second kappa shape index (κ2) is 6.13. The molecule has 112 valence electrons. The number of hydrogen-bond donors (Lipinski definition) is 1. The standard InChI is InChI=1S/C15H24IN3O/c1-10(2)8-11-13(16)14(18-9-17-11)19-7-5-6-12(19)15(3,4)20/h9-10,12,20H,5-8H2,1-4H3/t12-/m1/s1. The van der Waals surface area contributed by atoms with Gasteiger partial charge in [0.2, 0.25) is 0 Å². The number of nitrogens with zero attached hydrogens (tertiary/aromatic N) is 3. The van der Waals surface area contributed by atoms with E-state index >= 15 is 0 Å². The van der Waals surface area contributed by atoms with Crippen molar-refractivity contribution >= 4 is 28.4 Å². The normalized spacial score (nSPS) is 19.9. The van der Waals surface area contributed by atoms with Crippen LogP contribution in [0.1, 0.15) is 46.2 Å². The van der Waals surface area contributed by atoms with Crippen molar-refractivity contribution in [3.63, 3.8) is 0 Å². The predicted molar refractivity (Wildman–Crippen MR) is 90.0 cm³/mol. The third-order valence-electron chi connectivity index (χ3n) is 3.79. The largest absolute Gasteiger partial charge is 0.388 e. The highest BCUT2D eigenvalue weighted by atomic mass is 127. The zero-order valence-corrected chi connectivity index (χ0v) is 14.9. The minimum atomic E-state index is -0.706. The fourth-order valence-electron chi connectivity index (χ4n) is 2.88. The summed E-state index contributed by atoms with van der Waals surface area (Å²) < 4.78 is 1.13. The summed E-state index contributed by atoms with van der Waals surface area (Å²) in [5.41, 5.74) is 0.412. The highest BCUT2D eigenvalue weighted by Crippen LogP contribution is 2.33. The second-order valence-electron chi connectivity index (χ2n) is 6.56. The molecule has 5 heteroatoms. The van der Waals surface area contributed by atoms with Gasteiger partial charge in [-0.25, -0.2) is 9.97 Å². The molecule has 1 N–H and O–H groups in total. The molecule has 4 nitrogen and oxygen atoms in total. The van der Waals surface area contributed by atoms with Crippen LogP contribution < -0.4 is 4.90 Å². The van der Waals surface area contributed by atoms with E-state index in [1.54, 1.807) is 6.33 Å². The lowest BCUT2D eigenvalue weighted by molar-refractivity contribution is 0.0532. The molecule has 1 aliphatic rings. The van der Waals surface area contributed by atoms with E-state index in [1.807, 2.05) is 13.8 Å². The summed E-state index contributed by atoms with van der Waals surface area (Å²) in [5, 5.41) is 10.4. The van der Waals surface area contributed by atoms with Gasteiger partial charge >= 0.3 is 0 Å². The van der Waals surface area contributed by atoms with Crippen LogP contribution >= 0.6 is 22.6 Å². The first-order valence-corrected chi connectivity index (χ1v) is 8.37. The van der Waals surface area contributed by atoms with Crippen LogP contribution in [-0.2, 0) is 6.42 Å². The summed E-state index contributed by atoms with van der Waals surface area (Å²) in [6.45, 7) is 9.14. The van der Waals surface area contributed by atoms with Gasteiger partial charge in [-0.2, -0.15) is 0 Å². The number of halogens is 1. The smallest absolute Gasteiger partial charge is 0.146 e. The van der Waals surface area contributed by atoms with Crippen LogP contribution in [0.15, 0.2) is 6.33 Å². The maximum Gasteiger partial charge on any atom is 0.146 e. The van der Waals surface area contributed by atoms with E-state index < -0.39 is 5.60 Å². The topological polar surface area (TPSA) is 49.2 Å². The summed E-state index contributed by atoms with van der Waals surface area (Å²) >= 11 is 2.35. The first kappa shape index (κ1) is 15.9. The number of aliphatic hydroxyl groups is 1. The lowest BCUT2D eigenvalue weighted by atomic mass is 9.96. The summed E-state index contributed by atoms with van der Waals surface area (Å²) in [7, 11) is 0. The van der Waals surface area contributed by atoms with Crippen molar-refractivity contribution < 1.29 is 5.11 Å². The summed E-state index contributed by atoms with van der Waals surface area (Å²) in [6, 6.07) is 0.137. The van der Waals surface area contributed by atoms with Gasteiger partial charge < -0.3 is 10.0 Å². The van der Waals surface area contributed by atoms with E-state index in [4.69, 9.17) is 0 Å². The van der Waals surface area contributed by atoms with Crippen LogP contribution in [0, 0.1) is 9.49 Å². The molecule has 1 aliphatic heterocycles. The van der Waals surface area contributed by atoms with Crippen LogP contribution in [0.3, 0.4) is 0 Å². The monoisotopic (exact) mass is 389 g/mol. The SMILES string of the molecule is CC(C)Cc1ncnc(N2CCC[C@@H]2C(C)(C)O)c1I. The lowest BCUT2D eigenvalue weighted by Crippen LogP contribution is -2.46. The molecule has 2 heterocycles. The molecule has 1 aromatic rings. The Morgan fingerprint density at radius 3 is 2.75 bits per heavy atom. The van der Waals surface area contributed by atoms with Crippen molar-refractivity contribution in [3.05, 3.63) is 15.6 Å². The maximum absolute atomic E-state index is 10.4. The van der Waals surface area contributed by atoms with E-state index in [2.05, 4.69) is 51.3 Å². The first-order valence-electron chi connectivity index (χ1n) is 7.29. The Morgan fingerprint density at radius 2 is 2.15 bits per heavy atom. The number of rotatable bonds is 4. The predicted octanol–water partition coefficient (Wildman–Crippen LogP) is 3.02. The van der Waals surface area contributed by atoms with Gasteiger partial charge in [-0.3, -0.25) is 0 Å². The summed E-state index contributed by atoms with van der Waals surface area (Å²) in [6.07, 6.45) is 4.75. The Bertz CT molecular complexity index is 471. The minimum Gasteiger partial charge on any atom is -0.388 e. The molecular weight excluding hydrogens is 365 g/mol. The van der Waals surface area contributed by atoms with E-state index in [1.165, 1.54) is 0 Å². The van der Waals surface area contributed by atoms with Crippen molar-refractivity contribution in [2.45, 2.75) is 58.6 Å². The number of anilines is 1. The van der Waals surface area contributed by atoms with Crippen LogP contribution in [0.25, 0.3) is 0 Å². The molecule has 1 aromatic heterocycles. The van der Waals surface area contributed by atoms with Gasteiger partial charge in [-0.1, -0.05) is 13.8 Å². The van der Waals surface area contributed by atoms with Gasteiger partial charge in [-0.05, 0) is 61.6 Å². The summed E-state index contributed by atoms with van der Waals surface area (Å²) in [4.78, 5) is 11.2. The Labute approximate surface area is 135 Å². The molecule has 20 heavy (non-hydrogen) atoms. The molecule has 0 unspecified atom stereocenters. The molecule has 0 amide bonds. The molecule has 0 aromatic carbocycles. The maximum atomic E-state index is 10.4. The Hall–Kier alpha value is -0.430. The minimum absolute atomic E-state index is 0.137. The number of hydrogen-bond acceptors (Lipinski definition) is 4. The van der Waals surface area contributed by atoms with Crippen LogP contribution in [0.2, 0.25) is 0 Å². The molecular formula is C15H24IN3O. The molecule has 2 rings (SSSR count). The Morgan fingerprint density at radius 1 is 1.45 bits per heavy atom. The molecule has 0 bridgehead atoms. The second-order valence-corrected chi connectivity index (χ2v) is 7.64. The van der Waals surface area contributed by atoms with Gasteiger partial charge in [0, 0.05) is 6.54 Å². The van der Waals surface area contributed by atoms with Crippen molar-refractivity contribution in [1.82, 2.24) is 9.97 Å². The van der Waals surface area contributed by atoms with E-state index in [-0.39, 0.29) is 6.04 Å². The van der Waals surface area contributed by atoms with E-state index in [0.717, 1.165) is 40.9 Å². The van der Waals surface area contributed by atoms with Crippen molar-refractivity contribution in [1.29, 1.82) is 0 Å². The molecule has 0 radical (unpaired) electrons. The molecule has 1 fully saturated rings. The van der Waals surface area contributed by atoms with Gasteiger partial charge in [0.25, 0.3) is 0 Å². The highest BCUT2D eigenvalue weighted by Gasteiger charge is 2.37. The Kier molecular flexibility index (Phi) is 4.89. The van der Waals surface area contributed by atoms with Crippen molar-refractivity contribution in [2.24, 2.45) is 5.92 Å². The molecule has 1 saturated heterocycles. The third kappa shape index (κ3) is 3.42. The first-order chi connectivity index (χ1) is 9.30. The molecule has 0 saturated carbocycles. The molecule has 1 atom stereocenters. The lowest BCUT2D eigenvalue weighted by Gasteiger charge is -2.35. The van der Waals surface area contributed by atoms with Crippen LogP contribution in [0.4, 0.5) is 5.82 Å². The van der Waals surface area contributed by atoms with Gasteiger partial charge in [0.1, 0.15) is 12.1 Å². The fraction of sp³-hybridized carbons (Fsp3) is 0.733. The van der Waals surface area contributed by atoms with Crippen molar-refractivity contribution in [2.75, 3.05) is 11.4 Å².